The highest BCUT2D eigenvalue weighted by molar-refractivity contribution is 7.99. The van der Waals surface area contributed by atoms with Gasteiger partial charge in [0.05, 0.1) is 24.6 Å². The van der Waals surface area contributed by atoms with Gasteiger partial charge in [-0.15, -0.1) is 10.2 Å². The Balaban J connectivity index is 1.48. The van der Waals surface area contributed by atoms with E-state index in [1.807, 2.05) is 35.8 Å². The van der Waals surface area contributed by atoms with Crippen LogP contribution >= 0.6 is 11.8 Å². The van der Waals surface area contributed by atoms with Crippen LogP contribution in [0.25, 0.3) is 17.1 Å². The molecule has 4 rings (SSSR count). The Morgan fingerprint density at radius 2 is 1.64 bits per heavy atom. The Labute approximate surface area is 232 Å². The van der Waals surface area contributed by atoms with Gasteiger partial charge in [-0.3, -0.25) is 9.36 Å². The molecular weight excluding hydrogens is 510 g/mol. The molecule has 39 heavy (non-hydrogen) atoms. The molecule has 8 nitrogen and oxygen atoms in total. The quantitative estimate of drug-likeness (QED) is 0.136. The van der Waals surface area contributed by atoms with Crippen molar-refractivity contribution in [3.05, 3.63) is 95.1 Å². The minimum atomic E-state index is -0.410. The van der Waals surface area contributed by atoms with Crippen molar-refractivity contribution in [2.24, 2.45) is 5.10 Å². The standard InChI is InChI=1S/C30H31N5O3S/c1-20-6-16-25(17-7-20)35-27(22-12-14-24(15-13-22)30(2,3)4)33-34-29(35)39-19-26(36)32-31-18-21-8-10-23(11-9-21)28(37)38-5/h6-18H,19H2,1-5H3,(H,32,36)/b31-18+. The van der Waals surface area contributed by atoms with Gasteiger partial charge in [0.15, 0.2) is 11.0 Å². The number of esters is 1. The van der Waals surface area contributed by atoms with Crippen LogP contribution in [-0.4, -0.2) is 45.7 Å². The van der Waals surface area contributed by atoms with Crippen molar-refractivity contribution in [2.75, 3.05) is 12.9 Å². The van der Waals surface area contributed by atoms with E-state index in [2.05, 4.69) is 65.8 Å². The molecule has 0 aliphatic carbocycles. The molecule has 0 saturated carbocycles. The van der Waals surface area contributed by atoms with Crippen LogP contribution in [0.3, 0.4) is 0 Å². The van der Waals surface area contributed by atoms with E-state index >= 15 is 0 Å². The molecule has 0 saturated heterocycles. The number of nitrogens with one attached hydrogen (secondary N) is 1. The third-order valence-electron chi connectivity index (χ3n) is 6.00. The number of thioether (sulfide) groups is 1. The van der Waals surface area contributed by atoms with E-state index in [4.69, 9.17) is 4.74 Å². The lowest BCUT2D eigenvalue weighted by Crippen LogP contribution is -2.20. The Bertz CT molecular complexity index is 1470. The summed E-state index contributed by atoms with van der Waals surface area (Å²) in [5, 5.41) is 13.5. The number of hydrogen-bond acceptors (Lipinski definition) is 7. The summed E-state index contributed by atoms with van der Waals surface area (Å²) in [4.78, 5) is 24.1. The summed E-state index contributed by atoms with van der Waals surface area (Å²) in [6.45, 7) is 8.58. The van der Waals surface area contributed by atoms with Crippen molar-refractivity contribution in [3.63, 3.8) is 0 Å². The van der Waals surface area contributed by atoms with Crippen LogP contribution in [0.1, 0.15) is 47.8 Å². The maximum atomic E-state index is 12.5. The van der Waals surface area contributed by atoms with E-state index in [9.17, 15) is 9.59 Å². The first-order valence-corrected chi connectivity index (χ1v) is 13.4. The molecule has 3 aromatic carbocycles. The van der Waals surface area contributed by atoms with E-state index in [1.54, 1.807) is 24.3 Å². The Morgan fingerprint density at radius 3 is 2.26 bits per heavy atom. The molecule has 1 aromatic heterocycles. The fourth-order valence-corrected chi connectivity index (χ4v) is 4.50. The molecule has 0 bridgehead atoms. The molecule has 0 unspecified atom stereocenters. The number of methoxy groups -OCH3 is 1. The van der Waals surface area contributed by atoms with Gasteiger partial charge in [0, 0.05) is 11.3 Å². The monoisotopic (exact) mass is 541 g/mol. The van der Waals surface area contributed by atoms with E-state index in [-0.39, 0.29) is 17.1 Å². The lowest BCUT2D eigenvalue weighted by atomic mass is 9.87. The van der Waals surface area contributed by atoms with Crippen LogP contribution in [0.5, 0.6) is 0 Å². The van der Waals surface area contributed by atoms with Crippen molar-refractivity contribution < 1.29 is 14.3 Å². The largest absolute Gasteiger partial charge is 0.465 e. The Morgan fingerprint density at radius 1 is 0.974 bits per heavy atom. The number of benzene rings is 3. The van der Waals surface area contributed by atoms with Crippen LogP contribution in [-0.2, 0) is 14.9 Å². The first kappa shape index (κ1) is 27.8. The van der Waals surface area contributed by atoms with Crippen molar-refractivity contribution >= 4 is 29.9 Å². The molecule has 0 spiro atoms. The topological polar surface area (TPSA) is 98.5 Å². The predicted octanol–water partition coefficient (Wildman–Crippen LogP) is 5.57. The molecule has 1 heterocycles. The van der Waals surface area contributed by atoms with Gasteiger partial charge in [-0.25, -0.2) is 10.2 Å². The van der Waals surface area contributed by atoms with E-state index < -0.39 is 5.97 Å². The highest BCUT2D eigenvalue weighted by Gasteiger charge is 2.19. The average molecular weight is 542 g/mol. The van der Waals surface area contributed by atoms with Gasteiger partial charge in [-0.1, -0.05) is 86.6 Å². The van der Waals surface area contributed by atoms with Crippen LogP contribution in [0.4, 0.5) is 0 Å². The molecule has 0 aliphatic heterocycles. The van der Waals surface area contributed by atoms with Gasteiger partial charge < -0.3 is 4.74 Å². The number of carbonyl (C=O) groups excluding carboxylic acids is 2. The third-order valence-corrected chi connectivity index (χ3v) is 6.93. The van der Waals surface area contributed by atoms with Crippen molar-refractivity contribution in [1.82, 2.24) is 20.2 Å². The van der Waals surface area contributed by atoms with Crippen LogP contribution in [0.2, 0.25) is 0 Å². The average Bonchev–Trinajstić information content (AvgIpc) is 3.36. The summed E-state index contributed by atoms with van der Waals surface area (Å²) in [6.07, 6.45) is 1.51. The maximum Gasteiger partial charge on any atom is 0.337 e. The minimum Gasteiger partial charge on any atom is -0.465 e. The van der Waals surface area contributed by atoms with Crippen LogP contribution in [0, 0.1) is 6.92 Å². The number of nitrogens with zero attached hydrogens (tertiary/aromatic N) is 4. The maximum absolute atomic E-state index is 12.5. The predicted molar refractivity (Wildman–Crippen MR) is 154 cm³/mol. The van der Waals surface area contributed by atoms with Gasteiger partial charge in [-0.2, -0.15) is 5.10 Å². The molecule has 9 heteroatoms. The minimum absolute atomic E-state index is 0.0481. The molecular formula is C30H31N5O3S. The van der Waals surface area contributed by atoms with Gasteiger partial charge >= 0.3 is 5.97 Å². The summed E-state index contributed by atoms with van der Waals surface area (Å²) in [6, 6.07) is 23.2. The van der Waals surface area contributed by atoms with Crippen LogP contribution < -0.4 is 5.43 Å². The van der Waals surface area contributed by atoms with Gasteiger partial charge in [0.25, 0.3) is 5.91 Å². The highest BCUT2D eigenvalue weighted by atomic mass is 32.2. The third kappa shape index (κ3) is 7.00. The summed E-state index contributed by atoms with van der Waals surface area (Å²) in [5.74, 6) is 0.117. The number of carbonyl (C=O) groups is 2. The van der Waals surface area contributed by atoms with Gasteiger partial charge in [0.2, 0.25) is 0 Å². The number of amides is 1. The fraction of sp³-hybridized carbons (Fsp3) is 0.233. The normalized spacial score (nSPS) is 11.5. The molecule has 0 fully saturated rings. The second kappa shape index (κ2) is 12.1. The summed E-state index contributed by atoms with van der Waals surface area (Å²) < 4.78 is 6.66. The van der Waals surface area contributed by atoms with Gasteiger partial charge in [0.1, 0.15) is 0 Å². The second-order valence-corrected chi connectivity index (χ2v) is 10.9. The molecule has 0 aliphatic rings. The number of aryl methyl sites for hydroxylation is 1. The van der Waals surface area contributed by atoms with Crippen molar-refractivity contribution in [2.45, 2.75) is 38.3 Å². The molecule has 0 radical (unpaired) electrons. The summed E-state index contributed by atoms with van der Waals surface area (Å²) >= 11 is 1.28. The molecule has 200 valence electrons. The molecule has 4 aromatic rings. The second-order valence-electron chi connectivity index (χ2n) is 10.00. The zero-order valence-electron chi connectivity index (χ0n) is 22.6. The zero-order valence-corrected chi connectivity index (χ0v) is 23.5. The summed E-state index contributed by atoms with van der Waals surface area (Å²) in [5.41, 5.74) is 8.00. The van der Waals surface area contributed by atoms with Crippen molar-refractivity contribution in [1.29, 1.82) is 0 Å². The first-order chi connectivity index (χ1) is 18.7. The van der Waals surface area contributed by atoms with E-state index in [1.165, 1.54) is 30.6 Å². The molecule has 0 atom stereocenters. The Hall–Kier alpha value is -4.24. The number of hydrazone groups is 1. The summed E-state index contributed by atoms with van der Waals surface area (Å²) in [7, 11) is 1.33. The SMILES string of the molecule is COC(=O)c1ccc(/C=N/NC(=O)CSc2nnc(-c3ccc(C(C)(C)C)cc3)n2-c2ccc(C)cc2)cc1. The number of aromatic nitrogens is 3. The Kier molecular flexibility index (Phi) is 8.61. The number of rotatable bonds is 8. The smallest absolute Gasteiger partial charge is 0.337 e. The van der Waals surface area contributed by atoms with Gasteiger partial charge in [-0.05, 0) is 47.7 Å². The molecule has 1 amide bonds. The highest BCUT2D eigenvalue weighted by Crippen LogP contribution is 2.30. The van der Waals surface area contributed by atoms with E-state index in [0.717, 1.165) is 22.4 Å². The first-order valence-electron chi connectivity index (χ1n) is 12.4. The van der Waals surface area contributed by atoms with E-state index in [0.29, 0.717) is 16.5 Å². The lowest BCUT2D eigenvalue weighted by Gasteiger charge is -2.19. The zero-order chi connectivity index (χ0) is 28.0. The number of hydrogen-bond donors (Lipinski definition) is 1. The molecule has 1 N–H and O–H groups in total. The number of ether oxygens (including phenoxy) is 1. The fourth-order valence-electron chi connectivity index (χ4n) is 3.76. The van der Waals surface area contributed by atoms with Crippen LogP contribution in [0.15, 0.2) is 83.1 Å². The van der Waals surface area contributed by atoms with Crippen molar-refractivity contribution in [3.8, 4) is 17.1 Å². The lowest BCUT2D eigenvalue weighted by molar-refractivity contribution is -0.118.